The number of nitrogens with one attached hydrogen (secondary N) is 2. The summed E-state index contributed by atoms with van der Waals surface area (Å²) in [6.07, 6.45) is 3.05. The van der Waals surface area contributed by atoms with Gasteiger partial charge in [-0.25, -0.2) is 4.98 Å². The van der Waals surface area contributed by atoms with Gasteiger partial charge in [-0.3, -0.25) is 15.1 Å². The SMILES string of the molecule is O=C(NC(=S)Nc1ccc2oc(-c3ccccc3Cl)nc2c1)c1cncc(Br)c1. The number of halogens is 2. The van der Waals surface area contributed by atoms with Crippen molar-refractivity contribution in [3.8, 4) is 11.5 Å². The number of benzene rings is 2. The van der Waals surface area contributed by atoms with Gasteiger partial charge in [-0.2, -0.15) is 0 Å². The number of amides is 1. The summed E-state index contributed by atoms with van der Waals surface area (Å²) >= 11 is 14.7. The molecule has 4 aromatic rings. The van der Waals surface area contributed by atoms with Crippen LogP contribution < -0.4 is 10.6 Å². The van der Waals surface area contributed by atoms with E-state index in [1.165, 1.54) is 6.20 Å². The molecule has 29 heavy (non-hydrogen) atoms. The van der Waals surface area contributed by atoms with Gasteiger partial charge in [0.15, 0.2) is 10.7 Å². The summed E-state index contributed by atoms with van der Waals surface area (Å²) in [4.78, 5) is 20.7. The molecule has 0 aliphatic heterocycles. The lowest BCUT2D eigenvalue weighted by atomic mass is 10.2. The summed E-state index contributed by atoms with van der Waals surface area (Å²) in [5, 5.41) is 6.30. The molecule has 0 aliphatic rings. The van der Waals surface area contributed by atoms with Crippen molar-refractivity contribution in [2.24, 2.45) is 0 Å². The molecule has 144 valence electrons. The number of fused-ring (bicyclic) bond motifs is 1. The van der Waals surface area contributed by atoms with Gasteiger partial charge in [0.05, 0.1) is 16.1 Å². The number of hydrogen-bond donors (Lipinski definition) is 2. The minimum Gasteiger partial charge on any atom is -0.436 e. The first-order valence-electron chi connectivity index (χ1n) is 8.38. The van der Waals surface area contributed by atoms with Crippen molar-refractivity contribution in [2.75, 3.05) is 5.32 Å². The normalized spacial score (nSPS) is 10.7. The summed E-state index contributed by atoms with van der Waals surface area (Å²) in [5.41, 5.74) is 3.01. The van der Waals surface area contributed by atoms with Crippen LogP contribution in [0.25, 0.3) is 22.6 Å². The van der Waals surface area contributed by atoms with Gasteiger partial charge >= 0.3 is 0 Å². The van der Waals surface area contributed by atoms with E-state index in [2.05, 4.69) is 36.5 Å². The number of anilines is 1. The second-order valence-corrected chi connectivity index (χ2v) is 7.71. The van der Waals surface area contributed by atoms with E-state index < -0.39 is 0 Å². The molecule has 2 aromatic carbocycles. The second-order valence-electron chi connectivity index (χ2n) is 5.98. The van der Waals surface area contributed by atoms with Crippen LogP contribution in [0.2, 0.25) is 5.02 Å². The van der Waals surface area contributed by atoms with Crippen LogP contribution in [0.1, 0.15) is 10.4 Å². The van der Waals surface area contributed by atoms with Crippen LogP contribution in [0.5, 0.6) is 0 Å². The predicted molar refractivity (Wildman–Crippen MR) is 120 cm³/mol. The third kappa shape index (κ3) is 4.45. The molecule has 0 aliphatic carbocycles. The van der Waals surface area contributed by atoms with Gasteiger partial charge in [0.25, 0.3) is 5.91 Å². The van der Waals surface area contributed by atoms with Crippen LogP contribution in [-0.2, 0) is 0 Å². The fraction of sp³-hybridized carbons (Fsp3) is 0. The van der Waals surface area contributed by atoms with Crippen molar-refractivity contribution in [1.82, 2.24) is 15.3 Å². The van der Waals surface area contributed by atoms with Gasteiger partial charge in [-0.05, 0) is 64.5 Å². The van der Waals surface area contributed by atoms with E-state index >= 15 is 0 Å². The van der Waals surface area contributed by atoms with Crippen LogP contribution in [0.3, 0.4) is 0 Å². The Morgan fingerprint density at radius 1 is 1.14 bits per heavy atom. The maximum absolute atomic E-state index is 12.3. The standard InChI is InChI=1S/C20H12BrClN4O2S/c21-12-7-11(9-23-10-12)18(27)26-20(29)24-13-5-6-17-16(8-13)25-19(28-17)14-3-1-2-4-15(14)22/h1-10H,(H2,24,26,27,29). The summed E-state index contributed by atoms with van der Waals surface area (Å²) in [6.45, 7) is 0. The van der Waals surface area contributed by atoms with E-state index in [1.54, 1.807) is 36.5 Å². The molecule has 4 rings (SSSR count). The Morgan fingerprint density at radius 3 is 2.76 bits per heavy atom. The molecule has 0 saturated heterocycles. The number of rotatable bonds is 3. The van der Waals surface area contributed by atoms with Crippen molar-refractivity contribution in [3.63, 3.8) is 0 Å². The number of carbonyl (C=O) groups is 1. The molecule has 0 atom stereocenters. The quantitative estimate of drug-likeness (QED) is 0.375. The van der Waals surface area contributed by atoms with E-state index in [0.29, 0.717) is 43.3 Å². The molecule has 2 aromatic heterocycles. The molecule has 0 radical (unpaired) electrons. The zero-order valence-corrected chi connectivity index (χ0v) is 17.8. The van der Waals surface area contributed by atoms with E-state index in [1.807, 2.05) is 18.2 Å². The molecule has 6 nitrogen and oxygen atoms in total. The Morgan fingerprint density at radius 2 is 1.97 bits per heavy atom. The first kappa shape index (κ1) is 19.5. The highest BCUT2D eigenvalue weighted by molar-refractivity contribution is 9.10. The lowest BCUT2D eigenvalue weighted by molar-refractivity contribution is 0.0977. The molecule has 0 fully saturated rings. The van der Waals surface area contributed by atoms with Gasteiger partial charge in [0.1, 0.15) is 5.52 Å². The fourth-order valence-electron chi connectivity index (χ4n) is 2.63. The highest BCUT2D eigenvalue weighted by Gasteiger charge is 2.13. The van der Waals surface area contributed by atoms with E-state index in [9.17, 15) is 4.79 Å². The second kappa shape index (κ2) is 8.28. The number of oxazole rings is 1. The molecular formula is C20H12BrClN4O2S. The predicted octanol–water partition coefficient (Wildman–Crippen LogP) is 5.43. The minimum absolute atomic E-state index is 0.157. The van der Waals surface area contributed by atoms with Crippen LogP contribution >= 0.6 is 39.7 Å². The molecule has 9 heteroatoms. The molecule has 0 spiro atoms. The van der Waals surface area contributed by atoms with E-state index in [4.69, 9.17) is 28.2 Å². The molecule has 0 saturated carbocycles. The van der Waals surface area contributed by atoms with Gasteiger partial charge < -0.3 is 9.73 Å². The average molecular weight is 488 g/mol. The van der Waals surface area contributed by atoms with Crippen LogP contribution in [0.4, 0.5) is 5.69 Å². The van der Waals surface area contributed by atoms with Gasteiger partial charge in [0, 0.05) is 22.6 Å². The largest absolute Gasteiger partial charge is 0.436 e. The minimum atomic E-state index is -0.361. The number of carbonyl (C=O) groups excluding carboxylic acids is 1. The van der Waals surface area contributed by atoms with Crippen LogP contribution in [-0.4, -0.2) is 21.0 Å². The molecule has 1 amide bonds. The van der Waals surface area contributed by atoms with E-state index in [0.717, 1.165) is 0 Å². The topological polar surface area (TPSA) is 80.0 Å². The lowest BCUT2D eigenvalue weighted by Gasteiger charge is -2.09. The molecule has 2 N–H and O–H groups in total. The number of pyridine rings is 1. The smallest absolute Gasteiger partial charge is 0.259 e. The van der Waals surface area contributed by atoms with Crippen molar-refractivity contribution < 1.29 is 9.21 Å². The van der Waals surface area contributed by atoms with Gasteiger partial charge in [-0.1, -0.05) is 23.7 Å². The summed E-state index contributed by atoms with van der Waals surface area (Å²) < 4.78 is 6.49. The highest BCUT2D eigenvalue weighted by Crippen LogP contribution is 2.30. The maximum atomic E-state index is 12.3. The Balaban J connectivity index is 1.50. The Labute approximate surface area is 184 Å². The number of nitrogens with zero attached hydrogens (tertiary/aromatic N) is 2. The molecule has 0 bridgehead atoms. The third-order valence-corrected chi connectivity index (χ3v) is 4.91. The van der Waals surface area contributed by atoms with Crippen molar-refractivity contribution >= 4 is 67.6 Å². The Hall–Kier alpha value is -2.81. The lowest BCUT2D eigenvalue weighted by Crippen LogP contribution is -2.34. The molecule has 0 unspecified atom stereocenters. The van der Waals surface area contributed by atoms with Crippen molar-refractivity contribution in [1.29, 1.82) is 0 Å². The number of thiocarbonyl (C=S) groups is 1. The zero-order valence-electron chi connectivity index (χ0n) is 14.6. The fourth-order valence-corrected chi connectivity index (χ4v) is 3.42. The number of hydrogen-bond acceptors (Lipinski definition) is 5. The average Bonchev–Trinajstić information content (AvgIpc) is 3.11. The van der Waals surface area contributed by atoms with Crippen molar-refractivity contribution in [3.05, 3.63) is 76.0 Å². The zero-order chi connectivity index (χ0) is 20.4. The summed E-state index contributed by atoms with van der Waals surface area (Å²) in [7, 11) is 0. The summed E-state index contributed by atoms with van der Waals surface area (Å²) in [5.74, 6) is 0.0700. The Bertz CT molecular complexity index is 1240. The van der Waals surface area contributed by atoms with Gasteiger partial charge in [-0.15, -0.1) is 0 Å². The van der Waals surface area contributed by atoms with Gasteiger partial charge in [0.2, 0.25) is 5.89 Å². The number of aromatic nitrogens is 2. The van der Waals surface area contributed by atoms with Crippen LogP contribution in [0, 0.1) is 0 Å². The Kier molecular flexibility index (Phi) is 5.57. The first-order chi connectivity index (χ1) is 14.0. The molecule has 2 heterocycles. The first-order valence-corrected chi connectivity index (χ1v) is 9.96. The summed E-state index contributed by atoms with van der Waals surface area (Å²) in [6, 6.07) is 14.3. The van der Waals surface area contributed by atoms with Crippen LogP contribution in [0.15, 0.2) is 69.8 Å². The molecular weight excluding hydrogens is 476 g/mol. The highest BCUT2D eigenvalue weighted by atomic mass is 79.9. The maximum Gasteiger partial charge on any atom is 0.259 e. The third-order valence-electron chi connectivity index (χ3n) is 3.94. The van der Waals surface area contributed by atoms with Crippen molar-refractivity contribution in [2.45, 2.75) is 0 Å². The monoisotopic (exact) mass is 486 g/mol. The van der Waals surface area contributed by atoms with E-state index in [-0.39, 0.29) is 11.0 Å².